The van der Waals surface area contributed by atoms with Gasteiger partial charge in [-0.15, -0.1) is 0 Å². The molecule has 2 heterocycles. The summed E-state index contributed by atoms with van der Waals surface area (Å²) in [4.78, 5) is 41.4. The number of nitrogens with zero attached hydrogens (tertiary/aromatic N) is 3. The van der Waals surface area contributed by atoms with Gasteiger partial charge in [0.2, 0.25) is 5.95 Å². The van der Waals surface area contributed by atoms with Crippen LogP contribution in [0.15, 0.2) is 9.79 Å². The lowest BCUT2D eigenvalue weighted by atomic mass is 10.2. The van der Waals surface area contributed by atoms with Gasteiger partial charge in [0.1, 0.15) is 12.3 Å². The minimum atomic E-state index is -4.67. The average Bonchev–Trinajstić information content (AvgIpc) is 2.91. The van der Waals surface area contributed by atoms with Crippen LogP contribution >= 0.6 is 7.82 Å². The number of hydrogen-bond donors (Lipinski definition) is 5. The van der Waals surface area contributed by atoms with Crippen molar-refractivity contribution in [3.63, 3.8) is 0 Å². The molecule has 1 saturated heterocycles. The normalized spacial score (nSPS) is 23.5. The van der Waals surface area contributed by atoms with Gasteiger partial charge >= 0.3 is 7.82 Å². The number of hydrogen-bond acceptors (Lipinski definition) is 9. The number of ether oxygens (including phenoxy) is 1. The average molecular weight is 377 g/mol. The van der Waals surface area contributed by atoms with Crippen molar-refractivity contribution >= 4 is 32.0 Å². The molecule has 1 aromatic heterocycles. The highest BCUT2D eigenvalue weighted by atomic mass is 31.2. The maximum Gasteiger partial charge on any atom is 0.469 e. The van der Waals surface area contributed by atoms with Crippen LogP contribution in [-0.4, -0.2) is 70.7 Å². The highest BCUT2D eigenvalue weighted by Gasteiger charge is 2.38. The molecular formula is C12H20N5O7P. The van der Waals surface area contributed by atoms with E-state index < -0.39 is 38.4 Å². The van der Waals surface area contributed by atoms with Gasteiger partial charge in [-0.25, -0.2) is 4.57 Å². The number of aliphatic imine (C=N–C) groups is 1. The van der Waals surface area contributed by atoms with E-state index in [9.17, 15) is 14.5 Å². The summed E-state index contributed by atoms with van der Waals surface area (Å²) in [7, 11) is -1.51. The molecule has 3 atom stereocenters. The van der Waals surface area contributed by atoms with Crippen LogP contribution in [0.2, 0.25) is 0 Å². The smallest absolute Gasteiger partial charge is 0.390 e. The first-order valence-electron chi connectivity index (χ1n) is 7.21. The van der Waals surface area contributed by atoms with Gasteiger partial charge < -0.3 is 29.8 Å². The first-order valence-corrected chi connectivity index (χ1v) is 8.74. The number of phosphoric acid groups is 1. The van der Waals surface area contributed by atoms with E-state index in [0.717, 1.165) is 0 Å². The molecule has 0 aliphatic carbocycles. The number of anilines is 2. The van der Waals surface area contributed by atoms with E-state index in [4.69, 9.17) is 14.5 Å². The van der Waals surface area contributed by atoms with E-state index in [1.807, 2.05) is 0 Å². The largest absolute Gasteiger partial charge is 0.469 e. The van der Waals surface area contributed by atoms with Gasteiger partial charge in [-0.1, -0.05) is 0 Å². The molecule has 12 nitrogen and oxygen atoms in total. The van der Waals surface area contributed by atoms with Gasteiger partial charge in [-0.2, -0.15) is 4.98 Å². The van der Waals surface area contributed by atoms with Crippen LogP contribution in [0.3, 0.4) is 0 Å². The summed E-state index contributed by atoms with van der Waals surface area (Å²) in [6, 6.07) is 0. The van der Waals surface area contributed by atoms with Crippen molar-refractivity contribution < 1.29 is 28.7 Å². The highest BCUT2D eigenvalue weighted by Crippen LogP contribution is 2.37. The second-order valence-electron chi connectivity index (χ2n) is 5.32. The molecule has 140 valence electrons. The van der Waals surface area contributed by atoms with Gasteiger partial charge in [0, 0.05) is 20.5 Å². The van der Waals surface area contributed by atoms with Crippen LogP contribution < -0.4 is 15.8 Å². The third kappa shape index (κ3) is 4.63. The SMILES string of the molecule is C=Nc1c(N(C)[C@H]2C[C@H](O)[C@@H](COP(=O)(O)O)O2)nc(NC)[nH]c1=O. The molecule has 1 aliphatic heterocycles. The van der Waals surface area contributed by atoms with Gasteiger partial charge in [0.05, 0.1) is 12.7 Å². The lowest BCUT2D eigenvalue weighted by Crippen LogP contribution is -2.34. The summed E-state index contributed by atoms with van der Waals surface area (Å²) in [6.07, 6.45) is -2.54. The molecule has 0 spiro atoms. The van der Waals surface area contributed by atoms with Gasteiger partial charge in [-0.3, -0.25) is 19.3 Å². The minimum absolute atomic E-state index is 0.0190. The molecule has 13 heteroatoms. The predicted molar refractivity (Wildman–Crippen MR) is 89.3 cm³/mol. The Bertz CT molecular complexity index is 735. The number of H-pyrrole nitrogens is 1. The van der Waals surface area contributed by atoms with Crippen LogP contribution in [0.5, 0.6) is 0 Å². The second-order valence-corrected chi connectivity index (χ2v) is 6.56. The maximum atomic E-state index is 12.0. The molecule has 0 amide bonds. The summed E-state index contributed by atoms with van der Waals surface area (Å²) in [5.41, 5.74) is -0.523. The summed E-state index contributed by atoms with van der Waals surface area (Å²) in [5.74, 6) is 0.385. The number of aromatic nitrogens is 2. The summed E-state index contributed by atoms with van der Waals surface area (Å²) < 4.78 is 20.7. The molecule has 0 radical (unpaired) electrons. The van der Waals surface area contributed by atoms with Crippen LogP contribution in [0.25, 0.3) is 0 Å². The van der Waals surface area contributed by atoms with Gasteiger partial charge in [0.25, 0.3) is 5.56 Å². The standard InChI is InChI=1S/C12H20N5O7P/c1-13-9-10(15-12(14-2)16-11(9)19)17(3)8-4-6(18)7(24-8)5-23-25(20,21)22/h6-8,18H,1,4-5H2,2-3H3,(H2,20,21,22)(H2,14,15,16,19)/t6-,7+,8+/m0/s1. The minimum Gasteiger partial charge on any atom is -0.390 e. The van der Waals surface area contributed by atoms with Gasteiger partial charge in [-0.05, 0) is 6.72 Å². The van der Waals surface area contributed by atoms with Crippen LogP contribution in [0, 0.1) is 0 Å². The van der Waals surface area contributed by atoms with E-state index in [1.54, 1.807) is 14.1 Å². The Hall–Kier alpha value is -1.82. The lowest BCUT2D eigenvalue weighted by Gasteiger charge is -2.26. The second kappa shape index (κ2) is 7.60. The molecule has 0 bridgehead atoms. The molecule has 25 heavy (non-hydrogen) atoms. The highest BCUT2D eigenvalue weighted by molar-refractivity contribution is 7.46. The lowest BCUT2D eigenvalue weighted by molar-refractivity contribution is -0.0209. The molecular weight excluding hydrogens is 357 g/mol. The third-order valence-electron chi connectivity index (χ3n) is 3.65. The van der Waals surface area contributed by atoms with E-state index in [-0.39, 0.29) is 23.9 Å². The third-order valence-corrected chi connectivity index (χ3v) is 4.13. The Balaban J connectivity index is 2.20. The maximum absolute atomic E-state index is 12.0. The molecule has 0 unspecified atom stereocenters. The molecule has 2 rings (SSSR count). The number of aliphatic hydroxyl groups excluding tert-OH is 1. The molecule has 1 fully saturated rings. The van der Waals surface area contributed by atoms with Crippen LogP contribution in [0.4, 0.5) is 17.5 Å². The topological polar surface area (TPSA) is 170 Å². The Morgan fingerprint density at radius 2 is 2.28 bits per heavy atom. The fourth-order valence-corrected chi connectivity index (χ4v) is 2.72. The van der Waals surface area contributed by atoms with Crippen molar-refractivity contribution in [1.29, 1.82) is 0 Å². The van der Waals surface area contributed by atoms with E-state index in [0.29, 0.717) is 0 Å². The van der Waals surface area contributed by atoms with Crippen molar-refractivity contribution in [3.05, 3.63) is 10.4 Å². The first-order chi connectivity index (χ1) is 11.7. The predicted octanol–water partition coefficient (Wildman–Crippen LogP) is -0.835. The molecule has 1 aliphatic rings. The van der Waals surface area contributed by atoms with Gasteiger partial charge in [0.15, 0.2) is 11.5 Å². The summed E-state index contributed by atoms with van der Waals surface area (Å²) >= 11 is 0. The van der Waals surface area contributed by atoms with Crippen molar-refractivity contribution in [2.75, 3.05) is 30.9 Å². The monoisotopic (exact) mass is 377 g/mol. The van der Waals surface area contributed by atoms with Crippen LogP contribution in [-0.2, 0) is 13.8 Å². The fraction of sp³-hybridized carbons (Fsp3) is 0.583. The number of nitrogens with one attached hydrogen (secondary N) is 2. The molecule has 1 aromatic rings. The Kier molecular flexibility index (Phi) is 5.93. The van der Waals surface area contributed by atoms with E-state index in [2.05, 4.69) is 31.5 Å². The van der Waals surface area contributed by atoms with Crippen molar-refractivity contribution in [3.8, 4) is 0 Å². The zero-order valence-corrected chi connectivity index (χ0v) is 14.5. The molecule has 0 aromatic carbocycles. The van der Waals surface area contributed by atoms with Crippen molar-refractivity contribution in [1.82, 2.24) is 9.97 Å². The summed E-state index contributed by atoms with van der Waals surface area (Å²) in [6.45, 7) is 2.87. The quantitative estimate of drug-likeness (QED) is 0.298. The van der Waals surface area contributed by atoms with Crippen molar-refractivity contribution in [2.24, 2.45) is 4.99 Å². The Morgan fingerprint density at radius 3 is 2.84 bits per heavy atom. The summed E-state index contributed by atoms with van der Waals surface area (Å²) in [5, 5.41) is 12.7. The number of phosphoric ester groups is 1. The first kappa shape index (κ1) is 19.5. The van der Waals surface area contributed by atoms with Crippen LogP contribution in [0.1, 0.15) is 6.42 Å². The zero-order valence-electron chi connectivity index (χ0n) is 13.6. The van der Waals surface area contributed by atoms with Crippen molar-refractivity contribution in [2.45, 2.75) is 24.9 Å². The Morgan fingerprint density at radius 1 is 1.60 bits per heavy atom. The fourth-order valence-electron chi connectivity index (χ4n) is 2.38. The Labute approximate surface area is 142 Å². The molecule has 5 N–H and O–H groups in total. The number of aliphatic hydroxyl groups is 1. The zero-order chi connectivity index (χ0) is 18.8. The van der Waals surface area contributed by atoms with E-state index in [1.165, 1.54) is 4.90 Å². The number of rotatable bonds is 7. The van der Waals surface area contributed by atoms with E-state index >= 15 is 0 Å². The molecule has 0 saturated carbocycles. The number of aromatic amines is 1.